The first-order valence-electron chi connectivity index (χ1n) is 5.40. The third-order valence-corrected chi connectivity index (χ3v) is 2.67. The van der Waals surface area contributed by atoms with Crippen molar-refractivity contribution in [2.24, 2.45) is 5.41 Å². The molecular weight excluding hydrogens is 220 g/mol. The summed E-state index contributed by atoms with van der Waals surface area (Å²) in [6, 6.07) is 5.17. The van der Waals surface area contributed by atoms with Gasteiger partial charge in [-0.15, -0.1) is 0 Å². The first-order valence-corrected chi connectivity index (χ1v) is 5.40. The zero-order chi connectivity index (χ0) is 13.1. The molecule has 0 aliphatic heterocycles. The van der Waals surface area contributed by atoms with Crippen molar-refractivity contribution < 1.29 is 19.7 Å². The van der Waals surface area contributed by atoms with Crippen molar-refractivity contribution in [3.63, 3.8) is 0 Å². The van der Waals surface area contributed by atoms with Crippen molar-refractivity contribution >= 4 is 5.97 Å². The molecule has 0 saturated heterocycles. The van der Waals surface area contributed by atoms with Gasteiger partial charge in [0, 0.05) is 12.7 Å². The lowest BCUT2D eigenvalue weighted by Gasteiger charge is -2.19. The van der Waals surface area contributed by atoms with Crippen LogP contribution in [-0.2, 0) is 22.6 Å². The molecule has 1 rings (SSSR count). The lowest BCUT2D eigenvalue weighted by molar-refractivity contribution is -0.146. The van der Waals surface area contributed by atoms with Crippen LogP contribution in [0.4, 0.5) is 0 Å². The number of carboxylic acids is 1. The van der Waals surface area contributed by atoms with Gasteiger partial charge in [0.2, 0.25) is 0 Å². The van der Waals surface area contributed by atoms with Crippen LogP contribution in [0.25, 0.3) is 0 Å². The lowest BCUT2D eigenvalue weighted by atomic mass is 9.85. The maximum atomic E-state index is 11.0. The van der Waals surface area contributed by atoms with Gasteiger partial charge in [-0.25, -0.2) is 0 Å². The van der Waals surface area contributed by atoms with Gasteiger partial charge in [0.15, 0.2) is 0 Å². The fourth-order valence-corrected chi connectivity index (χ4v) is 1.58. The average Bonchev–Trinajstić information content (AvgIpc) is 2.21. The van der Waals surface area contributed by atoms with E-state index in [-0.39, 0.29) is 5.75 Å². The van der Waals surface area contributed by atoms with E-state index in [9.17, 15) is 9.90 Å². The first-order chi connectivity index (χ1) is 7.86. The molecule has 0 heterocycles. The lowest BCUT2D eigenvalue weighted by Crippen LogP contribution is -2.26. The van der Waals surface area contributed by atoms with E-state index >= 15 is 0 Å². The van der Waals surface area contributed by atoms with Crippen LogP contribution in [0.2, 0.25) is 0 Å². The van der Waals surface area contributed by atoms with Crippen LogP contribution in [0.5, 0.6) is 5.75 Å². The molecule has 0 unspecified atom stereocenters. The van der Waals surface area contributed by atoms with Crippen molar-refractivity contribution in [3.8, 4) is 5.75 Å². The van der Waals surface area contributed by atoms with E-state index in [1.54, 1.807) is 33.1 Å². The van der Waals surface area contributed by atoms with Crippen molar-refractivity contribution in [2.75, 3.05) is 7.11 Å². The van der Waals surface area contributed by atoms with Crippen molar-refractivity contribution in [1.82, 2.24) is 0 Å². The van der Waals surface area contributed by atoms with E-state index in [4.69, 9.17) is 9.84 Å². The quantitative estimate of drug-likeness (QED) is 0.825. The van der Waals surface area contributed by atoms with Crippen LogP contribution >= 0.6 is 0 Å². The SMILES string of the molecule is COCc1ccc(CC(C)(C)C(=O)O)cc1O. The summed E-state index contributed by atoms with van der Waals surface area (Å²) >= 11 is 0. The minimum Gasteiger partial charge on any atom is -0.508 e. The molecule has 0 amide bonds. The van der Waals surface area contributed by atoms with E-state index in [2.05, 4.69) is 0 Å². The molecule has 2 N–H and O–H groups in total. The van der Waals surface area contributed by atoms with Crippen LogP contribution in [0.3, 0.4) is 0 Å². The van der Waals surface area contributed by atoms with Crippen molar-refractivity contribution in [1.29, 1.82) is 0 Å². The van der Waals surface area contributed by atoms with Gasteiger partial charge in [-0.05, 0) is 31.9 Å². The van der Waals surface area contributed by atoms with Crippen LogP contribution in [0, 0.1) is 5.41 Å². The standard InChI is InChI=1S/C13H18O4/c1-13(2,12(15)16)7-9-4-5-10(8-17-3)11(14)6-9/h4-6,14H,7-8H2,1-3H3,(H,15,16). The first kappa shape index (κ1) is 13.5. The fourth-order valence-electron chi connectivity index (χ4n) is 1.58. The van der Waals surface area contributed by atoms with Gasteiger partial charge in [-0.2, -0.15) is 0 Å². The Morgan fingerprint density at radius 1 is 1.41 bits per heavy atom. The summed E-state index contributed by atoms with van der Waals surface area (Å²) in [6.45, 7) is 3.67. The molecule has 0 atom stereocenters. The molecule has 0 radical (unpaired) electrons. The Kier molecular flexibility index (Phi) is 4.12. The van der Waals surface area contributed by atoms with Gasteiger partial charge >= 0.3 is 5.97 Å². The molecule has 94 valence electrons. The van der Waals surface area contributed by atoms with Gasteiger partial charge in [-0.3, -0.25) is 4.79 Å². The van der Waals surface area contributed by atoms with Crippen LogP contribution in [0.1, 0.15) is 25.0 Å². The number of phenolic OH excluding ortho intramolecular Hbond substituents is 1. The minimum atomic E-state index is -0.849. The number of aromatic hydroxyl groups is 1. The number of phenols is 1. The summed E-state index contributed by atoms with van der Waals surface area (Å²) in [5.41, 5.74) is 0.661. The number of aliphatic carboxylic acids is 1. The monoisotopic (exact) mass is 238 g/mol. The van der Waals surface area contributed by atoms with Crippen molar-refractivity contribution in [2.45, 2.75) is 26.9 Å². The van der Waals surface area contributed by atoms with E-state index in [0.29, 0.717) is 18.6 Å². The number of methoxy groups -OCH3 is 1. The molecule has 4 nitrogen and oxygen atoms in total. The summed E-state index contributed by atoms with van der Waals surface area (Å²) in [5, 5.41) is 18.8. The Labute approximate surface area is 101 Å². The highest BCUT2D eigenvalue weighted by Crippen LogP contribution is 2.26. The third kappa shape index (κ3) is 3.46. The molecule has 1 aromatic rings. The van der Waals surface area contributed by atoms with E-state index in [0.717, 1.165) is 5.56 Å². The summed E-state index contributed by atoms with van der Waals surface area (Å²) in [6.07, 6.45) is 0.378. The highest BCUT2D eigenvalue weighted by Gasteiger charge is 2.27. The molecule has 4 heteroatoms. The minimum absolute atomic E-state index is 0.144. The number of hydrogen-bond acceptors (Lipinski definition) is 3. The second kappa shape index (κ2) is 5.19. The second-order valence-electron chi connectivity index (χ2n) is 4.76. The zero-order valence-electron chi connectivity index (χ0n) is 10.4. The maximum absolute atomic E-state index is 11.0. The third-order valence-electron chi connectivity index (χ3n) is 2.67. The summed E-state index contributed by atoms with van der Waals surface area (Å²) in [4.78, 5) is 11.0. The zero-order valence-corrected chi connectivity index (χ0v) is 10.4. The Balaban J connectivity index is 2.87. The van der Waals surface area contributed by atoms with Gasteiger partial charge in [0.25, 0.3) is 0 Å². The molecule has 0 spiro atoms. The predicted molar refractivity (Wildman–Crippen MR) is 63.9 cm³/mol. The molecule has 0 fully saturated rings. The Bertz CT molecular complexity index is 410. The average molecular weight is 238 g/mol. The molecule has 0 aromatic heterocycles. The number of rotatable bonds is 5. The second-order valence-corrected chi connectivity index (χ2v) is 4.76. The smallest absolute Gasteiger partial charge is 0.309 e. The molecule has 1 aromatic carbocycles. The Morgan fingerprint density at radius 3 is 2.53 bits per heavy atom. The summed E-state index contributed by atoms with van der Waals surface area (Å²) in [7, 11) is 1.56. The number of ether oxygens (including phenoxy) is 1. The molecule has 0 saturated carbocycles. The molecule has 0 bridgehead atoms. The molecule has 17 heavy (non-hydrogen) atoms. The Morgan fingerprint density at radius 2 is 2.06 bits per heavy atom. The van der Waals surface area contributed by atoms with Gasteiger partial charge in [0.05, 0.1) is 12.0 Å². The van der Waals surface area contributed by atoms with Crippen LogP contribution in [0.15, 0.2) is 18.2 Å². The van der Waals surface area contributed by atoms with Crippen LogP contribution < -0.4 is 0 Å². The molecular formula is C13H18O4. The number of carboxylic acid groups (broad SMARTS) is 1. The van der Waals surface area contributed by atoms with Crippen LogP contribution in [-0.4, -0.2) is 23.3 Å². The number of benzene rings is 1. The highest BCUT2D eigenvalue weighted by molar-refractivity contribution is 5.74. The largest absolute Gasteiger partial charge is 0.508 e. The maximum Gasteiger partial charge on any atom is 0.309 e. The van der Waals surface area contributed by atoms with Gasteiger partial charge in [-0.1, -0.05) is 12.1 Å². The van der Waals surface area contributed by atoms with E-state index < -0.39 is 11.4 Å². The normalized spacial score (nSPS) is 11.5. The van der Waals surface area contributed by atoms with E-state index in [1.807, 2.05) is 6.07 Å². The number of hydrogen-bond donors (Lipinski definition) is 2. The number of carbonyl (C=O) groups is 1. The van der Waals surface area contributed by atoms with Gasteiger partial charge < -0.3 is 14.9 Å². The topological polar surface area (TPSA) is 66.8 Å². The summed E-state index contributed by atoms with van der Waals surface area (Å²) in [5.74, 6) is -0.705. The molecule has 0 aliphatic rings. The fraction of sp³-hybridized carbons (Fsp3) is 0.462. The Hall–Kier alpha value is -1.55. The van der Waals surface area contributed by atoms with Crippen molar-refractivity contribution in [3.05, 3.63) is 29.3 Å². The van der Waals surface area contributed by atoms with Gasteiger partial charge in [0.1, 0.15) is 5.75 Å². The van der Waals surface area contributed by atoms with E-state index in [1.165, 1.54) is 0 Å². The highest BCUT2D eigenvalue weighted by atomic mass is 16.5. The molecule has 0 aliphatic carbocycles. The summed E-state index contributed by atoms with van der Waals surface area (Å²) < 4.78 is 4.93. The predicted octanol–water partition coefficient (Wildman–Crippen LogP) is 2.19.